The average molecular weight is 566 g/mol. The molecule has 5 heterocycles. The molecule has 0 aromatic heterocycles. The van der Waals surface area contributed by atoms with Gasteiger partial charge in [0.1, 0.15) is 0 Å². The number of anilines is 6. The molecule has 0 radical (unpaired) electrons. The predicted octanol–water partition coefficient (Wildman–Crippen LogP) is 5.53. The fraction of sp³-hybridized carbons (Fsp3) is 0. The Labute approximate surface area is 253 Å². The highest BCUT2D eigenvalue weighted by Crippen LogP contribution is 2.47. The number of benzene rings is 6. The van der Waals surface area contributed by atoms with E-state index in [-0.39, 0.29) is 13.4 Å². The molecule has 0 amide bonds. The fourth-order valence-corrected chi connectivity index (χ4v) is 10.6. The number of hydrogen-bond donors (Lipinski definition) is 0. The molecule has 6 aromatic rings. The third kappa shape index (κ3) is 2.56. The standard InChI is InChI=1S/C36H20B2N2S2/c1-3-9-21(10-4-1)39-23-13-7-15-27-31(23)37-33-25(39)17-18-26-34(33)38-32-24(40(26)22-11-5-2-6-12-22)14-8-16-28(32)42-30-20-19-29(41-27)35(37)36(30)38/h1-20H. The Balaban J connectivity index is 1.33. The van der Waals surface area contributed by atoms with E-state index < -0.39 is 0 Å². The van der Waals surface area contributed by atoms with Crippen molar-refractivity contribution in [3.05, 3.63) is 121 Å². The molecule has 2 nitrogen and oxygen atoms in total. The van der Waals surface area contributed by atoms with E-state index in [0.717, 1.165) is 0 Å². The first-order chi connectivity index (χ1) is 20.9. The minimum absolute atomic E-state index is 0.230. The lowest BCUT2D eigenvalue weighted by Gasteiger charge is -2.50. The molecule has 0 N–H and O–H groups in total. The molecule has 0 spiro atoms. The van der Waals surface area contributed by atoms with E-state index in [4.69, 9.17) is 0 Å². The molecule has 0 fully saturated rings. The van der Waals surface area contributed by atoms with Crippen LogP contribution in [0.4, 0.5) is 34.1 Å². The molecular formula is C36H20B2N2S2. The van der Waals surface area contributed by atoms with E-state index in [1.807, 2.05) is 23.5 Å². The van der Waals surface area contributed by atoms with E-state index in [1.54, 1.807) is 10.9 Å². The van der Waals surface area contributed by atoms with Gasteiger partial charge in [0.2, 0.25) is 13.4 Å². The van der Waals surface area contributed by atoms with Crippen LogP contribution >= 0.6 is 23.5 Å². The summed E-state index contributed by atoms with van der Waals surface area (Å²) in [5.41, 5.74) is 16.7. The maximum atomic E-state index is 2.53. The molecule has 6 heteroatoms. The van der Waals surface area contributed by atoms with E-state index >= 15 is 0 Å². The Morgan fingerprint density at radius 1 is 0.333 bits per heavy atom. The third-order valence-corrected chi connectivity index (χ3v) is 12.0. The van der Waals surface area contributed by atoms with Gasteiger partial charge in [-0.2, -0.15) is 0 Å². The smallest absolute Gasteiger partial charge is 0.248 e. The van der Waals surface area contributed by atoms with Crippen molar-refractivity contribution in [2.45, 2.75) is 19.6 Å². The van der Waals surface area contributed by atoms with Crippen LogP contribution in [0.1, 0.15) is 0 Å². The van der Waals surface area contributed by atoms with Crippen molar-refractivity contribution in [2.24, 2.45) is 0 Å². The van der Waals surface area contributed by atoms with Gasteiger partial charge in [0, 0.05) is 53.7 Å². The van der Waals surface area contributed by atoms with Crippen molar-refractivity contribution >= 4 is 104 Å². The molecule has 5 aliphatic heterocycles. The van der Waals surface area contributed by atoms with Crippen molar-refractivity contribution in [3.63, 3.8) is 0 Å². The van der Waals surface area contributed by atoms with Crippen molar-refractivity contribution in [2.75, 3.05) is 9.80 Å². The first-order valence-corrected chi connectivity index (χ1v) is 16.2. The average Bonchev–Trinajstić information content (AvgIpc) is 3.05. The highest BCUT2D eigenvalue weighted by atomic mass is 32.2. The summed E-state index contributed by atoms with van der Waals surface area (Å²) in [7, 11) is 0. The Morgan fingerprint density at radius 3 is 1.19 bits per heavy atom. The van der Waals surface area contributed by atoms with Gasteiger partial charge in [-0.15, -0.1) is 0 Å². The molecule has 5 aliphatic rings. The highest BCUT2D eigenvalue weighted by molar-refractivity contribution is 8.00. The monoisotopic (exact) mass is 566 g/mol. The first kappa shape index (κ1) is 22.4. The lowest BCUT2D eigenvalue weighted by atomic mass is 9.19. The van der Waals surface area contributed by atoms with E-state index in [2.05, 4.69) is 131 Å². The Morgan fingerprint density at radius 2 is 0.738 bits per heavy atom. The zero-order valence-electron chi connectivity index (χ0n) is 22.4. The van der Waals surface area contributed by atoms with Gasteiger partial charge < -0.3 is 9.80 Å². The summed E-state index contributed by atoms with van der Waals surface area (Å²) in [6.45, 7) is 0.460. The molecule has 0 saturated carbocycles. The van der Waals surface area contributed by atoms with Gasteiger partial charge in [0.25, 0.3) is 0 Å². The summed E-state index contributed by atoms with van der Waals surface area (Å²) in [6.07, 6.45) is 0. The van der Waals surface area contributed by atoms with Gasteiger partial charge in [-0.05, 0) is 94.6 Å². The molecule has 0 unspecified atom stereocenters. The Kier molecular flexibility index (Phi) is 4.14. The number of hydrogen-bond acceptors (Lipinski definition) is 4. The SMILES string of the molecule is c1ccc(N2c3cccc4c3B3c5c(ccc6c5B5c7c(cccc7N(c7ccccc7)c7ccc2c3c75)S6)S4)cc1. The lowest BCUT2D eigenvalue weighted by molar-refractivity contribution is 1.24. The van der Waals surface area contributed by atoms with Crippen LogP contribution in [-0.4, -0.2) is 13.4 Å². The molecule has 0 bridgehead atoms. The van der Waals surface area contributed by atoms with Crippen LogP contribution in [0.25, 0.3) is 0 Å². The van der Waals surface area contributed by atoms with Gasteiger partial charge in [0.15, 0.2) is 0 Å². The maximum absolute atomic E-state index is 2.53. The number of para-hydroxylation sites is 2. The topological polar surface area (TPSA) is 6.48 Å². The summed E-state index contributed by atoms with van der Waals surface area (Å²) in [4.78, 5) is 10.7. The minimum Gasteiger partial charge on any atom is -0.312 e. The van der Waals surface area contributed by atoms with Crippen LogP contribution in [-0.2, 0) is 0 Å². The summed E-state index contributed by atoms with van der Waals surface area (Å²) >= 11 is 3.92. The van der Waals surface area contributed by atoms with Gasteiger partial charge in [0.05, 0.1) is 0 Å². The normalized spacial score (nSPS) is 15.2. The highest BCUT2D eigenvalue weighted by Gasteiger charge is 2.54. The zero-order chi connectivity index (χ0) is 27.1. The summed E-state index contributed by atoms with van der Waals surface area (Å²) in [5, 5.41) is 0. The van der Waals surface area contributed by atoms with Crippen LogP contribution in [0, 0.1) is 0 Å². The van der Waals surface area contributed by atoms with Gasteiger partial charge in [-0.25, -0.2) is 0 Å². The van der Waals surface area contributed by atoms with Gasteiger partial charge in [-0.1, -0.05) is 83.0 Å². The predicted molar refractivity (Wildman–Crippen MR) is 180 cm³/mol. The Bertz CT molecular complexity index is 2030. The van der Waals surface area contributed by atoms with E-state index in [9.17, 15) is 0 Å². The van der Waals surface area contributed by atoms with Crippen molar-refractivity contribution in [1.29, 1.82) is 0 Å². The van der Waals surface area contributed by atoms with Gasteiger partial charge >= 0.3 is 0 Å². The number of rotatable bonds is 2. The minimum atomic E-state index is 0.230. The largest absolute Gasteiger partial charge is 0.312 e. The summed E-state index contributed by atoms with van der Waals surface area (Å²) in [6, 6.07) is 45.3. The second-order valence-corrected chi connectivity index (χ2v) is 13.8. The Hall–Kier alpha value is -4.25. The van der Waals surface area contributed by atoms with Crippen molar-refractivity contribution < 1.29 is 0 Å². The van der Waals surface area contributed by atoms with E-state index in [0.29, 0.717) is 0 Å². The first-order valence-electron chi connectivity index (χ1n) is 14.5. The lowest BCUT2D eigenvalue weighted by Crippen LogP contribution is -2.80. The van der Waals surface area contributed by atoms with Gasteiger partial charge in [-0.3, -0.25) is 0 Å². The third-order valence-electron chi connectivity index (χ3n) is 9.70. The second kappa shape index (κ2) is 7.77. The fourth-order valence-electron chi connectivity index (χ4n) is 8.27. The van der Waals surface area contributed by atoms with Crippen LogP contribution in [0.2, 0.25) is 0 Å². The van der Waals surface area contributed by atoms with E-state index in [1.165, 1.54) is 75.6 Å². The molecule has 42 heavy (non-hydrogen) atoms. The van der Waals surface area contributed by atoms with Crippen LogP contribution in [0.15, 0.2) is 141 Å². The molecular weight excluding hydrogens is 546 g/mol. The molecule has 0 saturated heterocycles. The molecule has 192 valence electrons. The zero-order valence-corrected chi connectivity index (χ0v) is 24.0. The maximum Gasteiger partial charge on any atom is 0.248 e. The molecule has 0 aliphatic carbocycles. The van der Waals surface area contributed by atoms with Crippen molar-refractivity contribution in [1.82, 2.24) is 0 Å². The quantitative estimate of drug-likeness (QED) is 0.254. The summed E-state index contributed by atoms with van der Waals surface area (Å²) < 4.78 is 0. The van der Waals surface area contributed by atoms with Crippen molar-refractivity contribution in [3.8, 4) is 0 Å². The molecule has 6 aromatic carbocycles. The molecule has 0 atom stereocenters. The molecule has 11 rings (SSSR count). The second-order valence-electron chi connectivity index (χ2n) is 11.6. The number of nitrogens with zero attached hydrogens (tertiary/aromatic N) is 2. The van der Waals surface area contributed by atoms with Crippen LogP contribution in [0.5, 0.6) is 0 Å². The summed E-state index contributed by atoms with van der Waals surface area (Å²) in [5.74, 6) is 0. The van der Waals surface area contributed by atoms with Crippen LogP contribution in [0.3, 0.4) is 0 Å². The van der Waals surface area contributed by atoms with Crippen LogP contribution < -0.4 is 42.6 Å².